The lowest BCUT2D eigenvalue weighted by atomic mass is 10.1. The summed E-state index contributed by atoms with van der Waals surface area (Å²) in [4.78, 5) is 3.78. The fraction of sp³-hybridized carbons (Fsp3) is 0.412. The molecule has 0 amide bonds. The third kappa shape index (κ3) is 4.47. The van der Waals surface area contributed by atoms with Crippen LogP contribution >= 0.6 is 22.9 Å². The smallest absolute Gasteiger partial charge is 0.0412 e. The van der Waals surface area contributed by atoms with E-state index in [0.29, 0.717) is 6.04 Å². The van der Waals surface area contributed by atoms with Crippen molar-refractivity contribution in [3.63, 3.8) is 0 Å². The van der Waals surface area contributed by atoms with Gasteiger partial charge in [0.05, 0.1) is 0 Å². The van der Waals surface area contributed by atoms with Gasteiger partial charge in [-0.3, -0.25) is 0 Å². The average molecular weight is 323 g/mol. The fourth-order valence-electron chi connectivity index (χ4n) is 2.39. The van der Waals surface area contributed by atoms with Crippen LogP contribution in [-0.4, -0.2) is 19.6 Å². The predicted octanol–water partition coefficient (Wildman–Crippen LogP) is 4.58. The lowest BCUT2D eigenvalue weighted by Gasteiger charge is -2.29. The van der Waals surface area contributed by atoms with Crippen LogP contribution in [0.2, 0.25) is 5.02 Å². The van der Waals surface area contributed by atoms with Crippen molar-refractivity contribution in [1.82, 2.24) is 5.32 Å². The van der Waals surface area contributed by atoms with Crippen molar-refractivity contribution in [2.45, 2.75) is 32.9 Å². The number of nitrogens with one attached hydrogen (secondary N) is 1. The van der Waals surface area contributed by atoms with Gasteiger partial charge in [-0.05, 0) is 48.7 Å². The highest BCUT2D eigenvalue weighted by molar-refractivity contribution is 7.09. The topological polar surface area (TPSA) is 15.3 Å². The zero-order valence-corrected chi connectivity index (χ0v) is 14.5. The Kier molecular flexibility index (Phi) is 6.09. The Bertz CT molecular complexity index is 554. The van der Waals surface area contributed by atoms with Crippen LogP contribution in [0, 0.1) is 0 Å². The lowest BCUT2D eigenvalue weighted by molar-refractivity contribution is 0.675. The molecule has 0 fully saturated rings. The van der Waals surface area contributed by atoms with Crippen molar-refractivity contribution in [2.75, 3.05) is 18.5 Å². The molecule has 0 aliphatic heterocycles. The van der Waals surface area contributed by atoms with Crippen LogP contribution in [0.5, 0.6) is 0 Å². The summed E-state index contributed by atoms with van der Waals surface area (Å²) < 4.78 is 0. The summed E-state index contributed by atoms with van der Waals surface area (Å²) in [5.74, 6) is 0. The summed E-state index contributed by atoms with van der Waals surface area (Å²) in [5.41, 5.74) is 2.51. The number of nitrogens with zero attached hydrogens (tertiary/aromatic N) is 1. The van der Waals surface area contributed by atoms with E-state index in [4.69, 9.17) is 11.6 Å². The van der Waals surface area contributed by atoms with Crippen LogP contribution in [0.1, 0.15) is 24.3 Å². The minimum Gasteiger partial charge on any atom is -0.371 e. The van der Waals surface area contributed by atoms with Crippen molar-refractivity contribution in [2.24, 2.45) is 0 Å². The molecular weight excluding hydrogens is 300 g/mol. The first-order valence-corrected chi connectivity index (χ1v) is 8.62. The number of hydrogen-bond donors (Lipinski definition) is 1. The first-order valence-electron chi connectivity index (χ1n) is 7.36. The average Bonchev–Trinajstić information content (AvgIpc) is 2.97. The first-order chi connectivity index (χ1) is 10.1. The molecule has 0 saturated carbocycles. The molecule has 0 spiro atoms. The normalized spacial score (nSPS) is 12.4. The third-order valence-electron chi connectivity index (χ3n) is 3.72. The van der Waals surface area contributed by atoms with E-state index in [1.165, 1.54) is 16.1 Å². The Hall–Kier alpha value is -1.03. The summed E-state index contributed by atoms with van der Waals surface area (Å²) in [6.45, 7) is 6.20. The molecule has 114 valence electrons. The number of thiophene rings is 1. The second-order valence-electron chi connectivity index (χ2n) is 5.30. The lowest BCUT2D eigenvalue weighted by Crippen LogP contribution is -2.31. The van der Waals surface area contributed by atoms with Gasteiger partial charge in [-0.1, -0.05) is 24.6 Å². The molecule has 0 bridgehead atoms. The van der Waals surface area contributed by atoms with Crippen LogP contribution in [0.25, 0.3) is 0 Å². The van der Waals surface area contributed by atoms with Crippen LogP contribution in [0.3, 0.4) is 0 Å². The van der Waals surface area contributed by atoms with Gasteiger partial charge in [0.2, 0.25) is 0 Å². The van der Waals surface area contributed by atoms with Gasteiger partial charge < -0.3 is 10.2 Å². The quantitative estimate of drug-likeness (QED) is 0.802. The van der Waals surface area contributed by atoms with E-state index in [1.54, 1.807) is 0 Å². The Morgan fingerprint density at radius 2 is 2.14 bits per heavy atom. The molecule has 2 aromatic rings. The number of benzene rings is 1. The van der Waals surface area contributed by atoms with E-state index in [-0.39, 0.29) is 0 Å². The molecule has 4 heteroatoms. The highest BCUT2D eigenvalue weighted by Gasteiger charge is 2.15. The molecular formula is C17H23ClN2S. The van der Waals surface area contributed by atoms with Gasteiger partial charge in [-0.25, -0.2) is 0 Å². The molecule has 1 atom stereocenters. The summed E-state index contributed by atoms with van der Waals surface area (Å²) in [6, 6.07) is 10.9. The van der Waals surface area contributed by atoms with Crippen LogP contribution in [0.4, 0.5) is 5.69 Å². The Morgan fingerprint density at radius 1 is 1.33 bits per heavy atom. The van der Waals surface area contributed by atoms with E-state index in [9.17, 15) is 0 Å². The maximum absolute atomic E-state index is 6.15. The van der Waals surface area contributed by atoms with Crippen LogP contribution < -0.4 is 10.2 Å². The van der Waals surface area contributed by atoms with Crippen molar-refractivity contribution >= 4 is 28.6 Å². The largest absolute Gasteiger partial charge is 0.371 e. The third-order valence-corrected chi connectivity index (χ3v) is 4.86. The van der Waals surface area contributed by atoms with Gasteiger partial charge in [0.25, 0.3) is 0 Å². The van der Waals surface area contributed by atoms with Crippen molar-refractivity contribution in [1.29, 1.82) is 0 Å². The Labute approximate surface area is 136 Å². The number of rotatable bonds is 7. The number of likely N-dealkylation sites (N-methyl/N-ethyl adjacent to an activating group) is 1. The number of hydrogen-bond acceptors (Lipinski definition) is 3. The van der Waals surface area contributed by atoms with Gasteiger partial charge in [-0.15, -0.1) is 11.3 Å². The number of halogens is 1. The maximum atomic E-state index is 6.15. The fourth-order valence-corrected chi connectivity index (χ4v) is 3.41. The molecule has 1 aromatic heterocycles. The van der Waals surface area contributed by atoms with Gasteiger partial charge in [0.15, 0.2) is 0 Å². The molecule has 1 heterocycles. The van der Waals surface area contributed by atoms with E-state index < -0.39 is 0 Å². The van der Waals surface area contributed by atoms with E-state index in [1.807, 2.05) is 17.4 Å². The zero-order valence-electron chi connectivity index (χ0n) is 12.9. The molecule has 21 heavy (non-hydrogen) atoms. The Morgan fingerprint density at radius 3 is 2.81 bits per heavy atom. The van der Waals surface area contributed by atoms with Gasteiger partial charge in [-0.2, -0.15) is 0 Å². The summed E-state index contributed by atoms with van der Waals surface area (Å²) in [6.07, 6.45) is 1.07. The van der Waals surface area contributed by atoms with Crippen LogP contribution in [-0.2, 0) is 13.0 Å². The molecule has 0 saturated heterocycles. The SMILES string of the molecule is CCNCc1cc(Cl)ccc1N(C)C(C)Cc1cccs1. The minimum absolute atomic E-state index is 0.449. The van der Waals surface area contributed by atoms with E-state index >= 15 is 0 Å². The second kappa shape index (κ2) is 7.83. The molecule has 1 N–H and O–H groups in total. The molecule has 0 aliphatic rings. The van der Waals surface area contributed by atoms with Crippen molar-refractivity contribution in [3.05, 3.63) is 51.2 Å². The van der Waals surface area contributed by atoms with Gasteiger partial charge in [0, 0.05) is 41.6 Å². The van der Waals surface area contributed by atoms with Gasteiger partial charge in [0.1, 0.15) is 0 Å². The highest BCUT2D eigenvalue weighted by atomic mass is 35.5. The van der Waals surface area contributed by atoms with Crippen molar-refractivity contribution in [3.8, 4) is 0 Å². The second-order valence-corrected chi connectivity index (χ2v) is 6.77. The molecule has 2 nitrogen and oxygen atoms in total. The van der Waals surface area contributed by atoms with Crippen molar-refractivity contribution < 1.29 is 0 Å². The molecule has 0 aliphatic carbocycles. The molecule has 0 radical (unpaired) electrons. The Balaban J connectivity index is 2.15. The van der Waals surface area contributed by atoms with Crippen LogP contribution in [0.15, 0.2) is 35.7 Å². The highest BCUT2D eigenvalue weighted by Crippen LogP contribution is 2.26. The monoisotopic (exact) mass is 322 g/mol. The predicted molar refractivity (Wildman–Crippen MR) is 94.7 cm³/mol. The first kappa shape index (κ1) is 16.3. The molecule has 1 unspecified atom stereocenters. The molecule has 1 aromatic carbocycles. The minimum atomic E-state index is 0.449. The van der Waals surface area contributed by atoms with Gasteiger partial charge >= 0.3 is 0 Å². The summed E-state index contributed by atoms with van der Waals surface area (Å²) >= 11 is 7.97. The summed E-state index contributed by atoms with van der Waals surface area (Å²) in [7, 11) is 2.16. The number of anilines is 1. The standard InChI is InChI=1S/C17H23ClN2S/c1-4-19-12-14-11-15(18)7-8-17(14)20(3)13(2)10-16-6-5-9-21-16/h5-9,11,13,19H,4,10,12H2,1-3H3. The molecule has 2 rings (SSSR count). The summed E-state index contributed by atoms with van der Waals surface area (Å²) in [5, 5.41) is 6.33. The van der Waals surface area contributed by atoms with E-state index in [0.717, 1.165) is 24.5 Å². The zero-order chi connectivity index (χ0) is 15.2. The maximum Gasteiger partial charge on any atom is 0.0412 e. The van der Waals surface area contributed by atoms with E-state index in [2.05, 4.69) is 60.8 Å².